The van der Waals surface area contributed by atoms with Crippen molar-refractivity contribution in [1.82, 2.24) is 9.78 Å². The summed E-state index contributed by atoms with van der Waals surface area (Å²) in [5.74, 6) is 0.520. The van der Waals surface area contributed by atoms with E-state index in [9.17, 15) is 9.59 Å². The quantitative estimate of drug-likeness (QED) is 0.416. The number of ether oxygens (including phenoxy) is 2. The van der Waals surface area contributed by atoms with E-state index >= 15 is 0 Å². The lowest BCUT2D eigenvalue weighted by Crippen LogP contribution is -2.20. The number of rotatable bonds is 9. The van der Waals surface area contributed by atoms with Crippen molar-refractivity contribution < 1.29 is 19.1 Å². The summed E-state index contributed by atoms with van der Waals surface area (Å²) in [5.41, 5.74) is 2.89. The van der Waals surface area contributed by atoms with Gasteiger partial charge in [0, 0.05) is 17.9 Å². The normalized spacial score (nSPS) is 10.8. The van der Waals surface area contributed by atoms with Gasteiger partial charge in [0.15, 0.2) is 23.9 Å². The number of benzene rings is 2. The van der Waals surface area contributed by atoms with Crippen LogP contribution in [0.25, 0.3) is 6.08 Å². The molecule has 0 aliphatic heterocycles. The van der Waals surface area contributed by atoms with Crippen molar-refractivity contribution in [2.75, 3.05) is 19.0 Å². The third kappa shape index (κ3) is 5.60. The zero-order valence-corrected chi connectivity index (χ0v) is 17.8. The maximum Gasteiger partial charge on any atom is 0.262 e. The van der Waals surface area contributed by atoms with E-state index in [0.29, 0.717) is 29.3 Å². The summed E-state index contributed by atoms with van der Waals surface area (Å²) >= 11 is 0. The molecule has 1 heterocycles. The van der Waals surface area contributed by atoms with Gasteiger partial charge in [-0.05, 0) is 49.8 Å². The Bertz CT molecular complexity index is 1090. The van der Waals surface area contributed by atoms with Crippen LogP contribution in [0.4, 0.5) is 5.69 Å². The number of ketones is 1. The molecular weight excluding hydrogens is 394 g/mol. The Morgan fingerprint density at radius 3 is 2.58 bits per heavy atom. The second kappa shape index (κ2) is 10.2. The van der Waals surface area contributed by atoms with E-state index in [1.165, 1.54) is 13.2 Å². The Morgan fingerprint density at radius 2 is 1.90 bits per heavy atom. The summed E-state index contributed by atoms with van der Waals surface area (Å²) in [6.45, 7) is 4.41. The highest BCUT2D eigenvalue weighted by Crippen LogP contribution is 2.28. The summed E-state index contributed by atoms with van der Waals surface area (Å²) in [7, 11) is 1.52. The average molecular weight is 419 g/mol. The molecule has 3 rings (SSSR count). The number of para-hydroxylation sites is 1. The Kier molecular flexibility index (Phi) is 7.22. The Balaban J connectivity index is 1.63. The van der Waals surface area contributed by atoms with E-state index in [1.54, 1.807) is 47.3 Å². The van der Waals surface area contributed by atoms with E-state index in [1.807, 2.05) is 32.0 Å². The van der Waals surface area contributed by atoms with Crippen LogP contribution in [-0.2, 0) is 11.3 Å². The van der Waals surface area contributed by atoms with E-state index in [4.69, 9.17) is 9.47 Å². The van der Waals surface area contributed by atoms with E-state index < -0.39 is 0 Å². The molecule has 0 aliphatic rings. The van der Waals surface area contributed by atoms with Gasteiger partial charge >= 0.3 is 0 Å². The standard InChI is InChI=1S/C24H25N3O4/c1-4-27-17(2)20(15-25-27)21(28)12-10-18-11-13-22(23(14-18)30-3)31-16-24(29)26-19-8-6-5-7-9-19/h5-15H,4,16H2,1-3H3,(H,26,29)/b12-10+. The maximum atomic E-state index is 12.5. The van der Waals surface area contributed by atoms with Crippen molar-refractivity contribution in [2.24, 2.45) is 0 Å². The molecule has 160 valence electrons. The van der Waals surface area contributed by atoms with Gasteiger partial charge < -0.3 is 14.8 Å². The molecule has 0 atom stereocenters. The molecule has 3 aromatic rings. The second-order valence-corrected chi connectivity index (χ2v) is 6.77. The summed E-state index contributed by atoms with van der Waals surface area (Å²) in [6.07, 6.45) is 4.80. The van der Waals surface area contributed by atoms with Crippen LogP contribution < -0.4 is 14.8 Å². The van der Waals surface area contributed by atoms with E-state index in [-0.39, 0.29) is 18.3 Å². The first kappa shape index (κ1) is 21.8. The van der Waals surface area contributed by atoms with E-state index in [0.717, 1.165) is 11.3 Å². The summed E-state index contributed by atoms with van der Waals surface area (Å²) < 4.78 is 12.8. The first-order chi connectivity index (χ1) is 15.0. The van der Waals surface area contributed by atoms with Gasteiger partial charge in [0.1, 0.15) is 0 Å². The lowest BCUT2D eigenvalue weighted by molar-refractivity contribution is -0.118. The van der Waals surface area contributed by atoms with Gasteiger partial charge in [0.05, 0.1) is 18.9 Å². The molecule has 0 aliphatic carbocycles. The minimum Gasteiger partial charge on any atom is -0.493 e. The molecule has 0 unspecified atom stereocenters. The van der Waals surface area contributed by atoms with Crippen LogP contribution in [0.1, 0.15) is 28.5 Å². The third-order valence-electron chi connectivity index (χ3n) is 4.70. The highest BCUT2D eigenvalue weighted by atomic mass is 16.5. The Labute approximate surface area is 181 Å². The molecule has 0 fully saturated rings. The SMILES string of the molecule is CCn1ncc(C(=O)/C=C/c2ccc(OCC(=O)Nc3ccccc3)c(OC)c2)c1C. The predicted octanol–water partition coefficient (Wildman–Crippen LogP) is 4.13. The highest BCUT2D eigenvalue weighted by Gasteiger charge is 2.12. The number of aryl methyl sites for hydroxylation is 1. The van der Waals surface area contributed by atoms with E-state index in [2.05, 4.69) is 10.4 Å². The summed E-state index contributed by atoms with van der Waals surface area (Å²) in [6, 6.07) is 14.4. The number of nitrogens with one attached hydrogen (secondary N) is 1. The zero-order chi connectivity index (χ0) is 22.2. The van der Waals surface area contributed by atoms with Gasteiger partial charge in [0.25, 0.3) is 5.91 Å². The van der Waals surface area contributed by atoms with Crippen molar-refractivity contribution in [3.63, 3.8) is 0 Å². The summed E-state index contributed by atoms with van der Waals surface area (Å²) in [5, 5.41) is 6.96. The fourth-order valence-corrected chi connectivity index (χ4v) is 3.04. The first-order valence-corrected chi connectivity index (χ1v) is 9.92. The molecule has 2 aromatic carbocycles. The van der Waals surface area contributed by atoms with Crippen LogP contribution in [0.15, 0.2) is 60.8 Å². The number of allylic oxidation sites excluding steroid dienone is 1. The molecular formula is C24H25N3O4. The predicted molar refractivity (Wildman–Crippen MR) is 120 cm³/mol. The number of nitrogens with zero attached hydrogens (tertiary/aromatic N) is 2. The molecule has 0 saturated carbocycles. The second-order valence-electron chi connectivity index (χ2n) is 6.77. The van der Waals surface area contributed by atoms with Crippen LogP contribution >= 0.6 is 0 Å². The van der Waals surface area contributed by atoms with Gasteiger partial charge in [-0.25, -0.2) is 0 Å². The van der Waals surface area contributed by atoms with Crippen LogP contribution in [0.3, 0.4) is 0 Å². The number of amides is 1. The maximum absolute atomic E-state index is 12.5. The smallest absolute Gasteiger partial charge is 0.262 e. The number of anilines is 1. The molecule has 7 heteroatoms. The zero-order valence-electron chi connectivity index (χ0n) is 17.8. The number of hydrogen-bond donors (Lipinski definition) is 1. The fraction of sp³-hybridized carbons (Fsp3) is 0.208. The molecule has 1 N–H and O–H groups in total. The van der Waals surface area contributed by atoms with Gasteiger partial charge in [-0.15, -0.1) is 0 Å². The molecule has 1 amide bonds. The van der Waals surface area contributed by atoms with Crippen LogP contribution in [0, 0.1) is 6.92 Å². The molecule has 0 spiro atoms. The average Bonchev–Trinajstić information content (AvgIpc) is 3.17. The van der Waals surface area contributed by atoms with Crippen LogP contribution in [0.5, 0.6) is 11.5 Å². The molecule has 0 saturated heterocycles. The minimum absolute atomic E-state index is 0.117. The lowest BCUT2D eigenvalue weighted by Gasteiger charge is -2.11. The van der Waals surface area contributed by atoms with Crippen molar-refractivity contribution in [3.8, 4) is 11.5 Å². The highest BCUT2D eigenvalue weighted by molar-refractivity contribution is 6.07. The third-order valence-corrected chi connectivity index (χ3v) is 4.70. The molecule has 31 heavy (non-hydrogen) atoms. The monoisotopic (exact) mass is 419 g/mol. The number of carbonyl (C=O) groups excluding carboxylic acids is 2. The number of methoxy groups -OCH3 is 1. The van der Waals surface area contributed by atoms with Gasteiger partial charge in [-0.1, -0.05) is 30.3 Å². The number of aromatic nitrogens is 2. The molecule has 7 nitrogen and oxygen atoms in total. The minimum atomic E-state index is -0.272. The van der Waals surface area contributed by atoms with Crippen molar-refractivity contribution in [3.05, 3.63) is 77.6 Å². The fourth-order valence-electron chi connectivity index (χ4n) is 3.04. The van der Waals surface area contributed by atoms with Crippen molar-refractivity contribution in [2.45, 2.75) is 20.4 Å². The van der Waals surface area contributed by atoms with Crippen molar-refractivity contribution in [1.29, 1.82) is 0 Å². The first-order valence-electron chi connectivity index (χ1n) is 9.92. The number of hydrogen-bond acceptors (Lipinski definition) is 5. The number of carbonyl (C=O) groups is 2. The Hall–Kier alpha value is -3.87. The van der Waals surface area contributed by atoms with Crippen molar-refractivity contribution >= 4 is 23.5 Å². The molecule has 0 bridgehead atoms. The van der Waals surface area contributed by atoms with Gasteiger partial charge in [-0.2, -0.15) is 5.10 Å². The van der Waals surface area contributed by atoms with Crippen LogP contribution in [0.2, 0.25) is 0 Å². The molecule has 0 radical (unpaired) electrons. The Morgan fingerprint density at radius 1 is 1.13 bits per heavy atom. The molecule has 1 aromatic heterocycles. The largest absolute Gasteiger partial charge is 0.493 e. The lowest BCUT2D eigenvalue weighted by atomic mass is 10.1. The van der Waals surface area contributed by atoms with Gasteiger partial charge in [-0.3, -0.25) is 14.3 Å². The van der Waals surface area contributed by atoms with Crippen LogP contribution in [-0.4, -0.2) is 35.2 Å². The summed E-state index contributed by atoms with van der Waals surface area (Å²) in [4.78, 5) is 24.6. The van der Waals surface area contributed by atoms with Gasteiger partial charge in [0.2, 0.25) is 0 Å². The topological polar surface area (TPSA) is 82.5 Å².